The number of urea groups is 1. The third kappa shape index (κ3) is 5.26. The van der Waals surface area contributed by atoms with Crippen molar-refractivity contribution < 1.29 is 9.53 Å². The lowest BCUT2D eigenvalue weighted by molar-refractivity contribution is 0.0819. The molecule has 2 amide bonds. The van der Waals surface area contributed by atoms with E-state index in [2.05, 4.69) is 60.6 Å². The predicted octanol–water partition coefficient (Wildman–Crippen LogP) is 5.24. The van der Waals surface area contributed by atoms with Gasteiger partial charge in [-0.05, 0) is 60.2 Å². The summed E-state index contributed by atoms with van der Waals surface area (Å²) in [6.07, 6.45) is 2.47. The monoisotopic (exact) mass is 381 g/mol. The number of amides is 2. The fourth-order valence-corrected chi connectivity index (χ4v) is 3.45. The Morgan fingerprint density at radius 1 is 0.929 bits per heavy atom. The van der Waals surface area contributed by atoms with Crippen LogP contribution in [0.25, 0.3) is 0 Å². The van der Waals surface area contributed by atoms with Gasteiger partial charge in [0.15, 0.2) is 0 Å². The second-order valence-electron chi connectivity index (χ2n) is 8.38. The number of hydrogen-bond donors (Lipinski definition) is 2. The van der Waals surface area contributed by atoms with Crippen molar-refractivity contribution in [2.45, 2.75) is 45.1 Å². The molecule has 0 aromatic heterocycles. The maximum Gasteiger partial charge on any atom is 0.323 e. The van der Waals surface area contributed by atoms with Crippen LogP contribution in [0, 0.1) is 0 Å². The number of hydrogen-bond acceptors (Lipinski definition) is 3. The van der Waals surface area contributed by atoms with Crippen molar-refractivity contribution in [2.75, 3.05) is 35.7 Å². The second-order valence-corrected chi connectivity index (χ2v) is 8.38. The lowest BCUT2D eigenvalue weighted by atomic mass is 9.87. The average molecular weight is 382 g/mol. The van der Waals surface area contributed by atoms with Gasteiger partial charge in [-0.2, -0.15) is 0 Å². The van der Waals surface area contributed by atoms with E-state index >= 15 is 0 Å². The summed E-state index contributed by atoms with van der Waals surface area (Å²) in [7, 11) is 1.78. The van der Waals surface area contributed by atoms with Crippen LogP contribution < -0.4 is 15.5 Å². The van der Waals surface area contributed by atoms with E-state index in [-0.39, 0.29) is 11.4 Å². The Bertz CT molecular complexity index is 771. The highest BCUT2D eigenvalue weighted by molar-refractivity contribution is 5.99. The summed E-state index contributed by atoms with van der Waals surface area (Å²) in [5, 5.41) is 5.78. The molecule has 1 saturated heterocycles. The van der Waals surface area contributed by atoms with E-state index in [4.69, 9.17) is 4.74 Å². The molecule has 1 aliphatic heterocycles. The maximum atomic E-state index is 12.3. The quantitative estimate of drug-likeness (QED) is 0.761. The maximum absolute atomic E-state index is 12.3. The number of anilines is 3. The summed E-state index contributed by atoms with van der Waals surface area (Å²) in [6, 6.07) is 15.7. The number of carbonyl (C=O) groups excluding carboxylic acids is 1. The SMILES string of the molecule is COC1CCN(c2ccc(NC(=O)Nc3ccc(C(C)(C)C)cc3)cc2)CC1. The Kier molecular flexibility index (Phi) is 6.25. The van der Waals surface area contributed by atoms with Gasteiger partial charge >= 0.3 is 6.03 Å². The molecular weight excluding hydrogens is 350 g/mol. The summed E-state index contributed by atoms with van der Waals surface area (Å²) in [5.74, 6) is 0. The van der Waals surface area contributed by atoms with Gasteiger partial charge in [-0.1, -0.05) is 32.9 Å². The first-order valence-electron chi connectivity index (χ1n) is 9.91. The molecule has 5 heteroatoms. The van der Waals surface area contributed by atoms with E-state index < -0.39 is 0 Å². The first-order chi connectivity index (χ1) is 13.3. The van der Waals surface area contributed by atoms with Crippen molar-refractivity contribution in [3.05, 3.63) is 54.1 Å². The smallest absolute Gasteiger partial charge is 0.323 e. The fourth-order valence-electron chi connectivity index (χ4n) is 3.45. The van der Waals surface area contributed by atoms with Gasteiger partial charge in [-0.15, -0.1) is 0 Å². The van der Waals surface area contributed by atoms with Crippen molar-refractivity contribution in [3.8, 4) is 0 Å². The van der Waals surface area contributed by atoms with Crippen molar-refractivity contribution in [3.63, 3.8) is 0 Å². The van der Waals surface area contributed by atoms with Crippen molar-refractivity contribution in [2.24, 2.45) is 0 Å². The fraction of sp³-hybridized carbons (Fsp3) is 0.435. The minimum Gasteiger partial charge on any atom is -0.381 e. The molecule has 0 saturated carbocycles. The molecular formula is C23H31N3O2. The highest BCUT2D eigenvalue weighted by Crippen LogP contribution is 2.24. The minimum absolute atomic E-state index is 0.0986. The Hall–Kier alpha value is -2.53. The number of ether oxygens (including phenoxy) is 1. The first-order valence-corrected chi connectivity index (χ1v) is 9.91. The Balaban J connectivity index is 1.53. The van der Waals surface area contributed by atoms with Crippen LogP contribution in [0.5, 0.6) is 0 Å². The van der Waals surface area contributed by atoms with Crippen LogP contribution in [0.1, 0.15) is 39.2 Å². The molecule has 0 unspecified atom stereocenters. The summed E-state index contributed by atoms with van der Waals surface area (Å²) >= 11 is 0. The molecule has 0 spiro atoms. The number of piperidine rings is 1. The minimum atomic E-state index is -0.239. The molecule has 0 bridgehead atoms. The highest BCUT2D eigenvalue weighted by atomic mass is 16.5. The third-order valence-corrected chi connectivity index (χ3v) is 5.27. The van der Waals surface area contributed by atoms with Gasteiger partial charge in [0.25, 0.3) is 0 Å². The first kappa shape index (κ1) is 20.2. The average Bonchev–Trinajstić information content (AvgIpc) is 2.68. The van der Waals surface area contributed by atoms with Crippen LogP contribution >= 0.6 is 0 Å². The molecule has 3 rings (SSSR count). The summed E-state index contributed by atoms with van der Waals surface area (Å²) < 4.78 is 5.43. The van der Waals surface area contributed by atoms with E-state index in [0.29, 0.717) is 6.10 Å². The Morgan fingerprint density at radius 3 is 1.89 bits per heavy atom. The van der Waals surface area contributed by atoms with Crippen LogP contribution in [-0.2, 0) is 10.2 Å². The number of nitrogens with zero attached hydrogens (tertiary/aromatic N) is 1. The normalized spacial score (nSPS) is 15.4. The van der Waals surface area contributed by atoms with Gasteiger partial charge in [-0.3, -0.25) is 0 Å². The number of rotatable bonds is 4. The van der Waals surface area contributed by atoms with Gasteiger partial charge in [0.2, 0.25) is 0 Å². The zero-order valence-electron chi connectivity index (χ0n) is 17.3. The molecule has 2 N–H and O–H groups in total. The zero-order valence-corrected chi connectivity index (χ0v) is 17.3. The van der Waals surface area contributed by atoms with E-state index in [9.17, 15) is 4.79 Å². The summed E-state index contributed by atoms with van der Waals surface area (Å²) in [4.78, 5) is 14.6. The van der Waals surface area contributed by atoms with Crippen LogP contribution in [0.2, 0.25) is 0 Å². The van der Waals surface area contributed by atoms with Crippen molar-refractivity contribution >= 4 is 23.1 Å². The number of methoxy groups -OCH3 is 1. The third-order valence-electron chi connectivity index (χ3n) is 5.27. The van der Waals surface area contributed by atoms with Crippen LogP contribution in [0.4, 0.5) is 21.9 Å². The molecule has 1 fully saturated rings. The molecule has 1 heterocycles. The van der Waals surface area contributed by atoms with Crippen molar-refractivity contribution in [1.29, 1.82) is 0 Å². The summed E-state index contributed by atoms with van der Waals surface area (Å²) in [5.41, 5.74) is 4.07. The van der Waals surface area contributed by atoms with Crippen molar-refractivity contribution in [1.82, 2.24) is 0 Å². The molecule has 150 valence electrons. The van der Waals surface area contributed by atoms with Gasteiger partial charge in [0, 0.05) is 37.3 Å². The van der Waals surface area contributed by atoms with Gasteiger partial charge < -0.3 is 20.3 Å². The number of carbonyl (C=O) groups is 1. The van der Waals surface area contributed by atoms with Crippen LogP contribution in [0.15, 0.2) is 48.5 Å². The highest BCUT2D eigenvalue weighted by Gasteiger charge is 2.19. The molecule has 0 aliphatic carbocycles. The largest absolute Gasteiger partial charge is 0.381 e. The van der Waals surface area contributed by atoms with E-state index in [1.54, 1.807) is 7.11 Å². The zero-order chi connectivity index (χ0) is 20.1. The van der Waals surface area contributed by atoms with E-state index in [1.165, 1.54) is 11.3 Å². The van der Waals surface area contributed by atoms with E-state index in [0.717, 1.165) is 37.3 Å². The molecule has 2 aromatic rings. The predicted molar refractivity (Wildman–Crippen MR) is 116 cm³/mol. The molecule has 1 aliphatic rings. The standard InChI is InChI=1S/C23H31N3O2/c1-23(2,3)17-5-7-18(8-6-17)24-22(27)25-19-9-11-20(12-10-19)26-15-13-21(28-4)14-16-26/h5-12,21H,13-16H2,1-4H3,(H2,24,25,27). The van der Waals surface area contributed by atoms with Gasteiger partial charge in [0.1, 0.15) is 0 Å². The van der Waals surface area contributed by atoms with Crippen LogP contribution in [-0.4, -0.2) is 32.3 Å². The number of nitrogens with one attached hydrogen (secondary N) is 2. The van der Waals surface area contributed by atoms with Gasteiger partial charge in [-0.25, -0.2) is 4.79 Å². The summed E-state index contributed by atoms with van der Waals surface area (Å²) in [6.45, 7) is 8.51. The molecule has 0 radical (unpaired) electrons. The molecule has 2 aromatic carbocycles. The second kappa shape index (κ2) is 8.65. The topological polar surface area (TPSA) is 53.6 Å². The molecule has 5 nitrogen and oxygen atoms in total. The Labute approximate surface area is 168 Å². The van der Waals surface area contributed by atoms with Gasteiger partial charge in [0.05, 0.1) is 6.10 Å². The lowest BCUT2D eigenvalue weighted by Crippen LogP contribution is -2.36. The lowest BCUT2D eigenvalue weighted by Gasteiger charge is -2.33. The Morgan fingerprint density at radius 2 is 1.43 bits per heavy atom. The number of benzene rings is 2. The molecule has 28 heavy (non-hydrogen) atoms. The van der Waals surface area contributed by atoms with Crippen LogP contribution in [0.3, 0.4) is 0 Å². The van der Waals surface area contributed by atoms with E-state index in [1.807, 2.05) is 24.3 Å². The molecule has 0 atom stereocenters.